The van der Waals surface area contributed by atoms with Gasteiger partial charge in [-0.3, -0.25) is 9.59 Å². The van der Waals surface area contributed by atoms with Gasteiger partial charge in [-0.25, -0.2) is 4.79 Å². The highest BCUT2D eigenvalue weighted by Gasteiger charge is 2.17. The maximum atomic E-state index is 12.0. The molecule has 1 N–H and O–H groups in total. The molecule has 132 valence electrons. The molecule has 7 nitrogen and oxygen atoms in total. The number of halogens is 1. The first-order valence-electron chi connectivity index (χ1n) is 7.54. The Hall–Kier alpha value is -2.09. The van der Waals surface area contributed by atoms with Crippen molar-refractivity contribution in [1.29, 1.82) is 0 Å². The van der Waals surface area contributed by atoms with E-state index in [1.807, 2.05) is 6.07 Å². The van der Waals surface area contributed by atoms with Crippen molar-refractivity contribution in [2.24, 2.45) is 0 Å². The fourth-order valence-electron chi connectivity index (χ4n) is 1.78. The molecule has 8 heteroatoms. The molecule has 0 unspecified atom stereocenters. The van der Waals surface area contributed by atoms with E-state index in [1.54, 1.807) is 32.0 Å². The second-order valence-corrected chi connectivity index (χ2v) is 5.68. The smallest absolute Gasteiger partial charge is 0.344 e. The maximum Gasteiger partial charge on any atom is 0.344 e. The van der Waals surface area contributed by atoms with Crippen LogP contribution in [0.3, 0.4) is 0 Å². The molecule has 0 spiro atoms. The van der Waals surface area contributed by atoms with Crippen molar-refractivity contribution in [1.82, 2.24) is 10.2 Å². The van der Waals surface area contributed by atoms with Gasteiger partial charge in [0.15, 0.2) is 13.2 Å². The number of ether oxygens (including phenoxy) is 2. The summed E-state index contributed by atoms with van der Waals surface area (Å²) in [6.45, 7) is 3.60. The number of hydrogen-bond acceptors (Lipinski definition) is 5. The number of carbonyl (C=O) groups is 3. The Kier molecular flexibility index (Phi) is 8.85. The van der Waals surface area contributed by atoms with Gasteiger partial charge in [0.05, 0.1) is 6.54 Å². The highest BCUT2D eigenvalue weighted by Crippen LogP contribution is 2.17. The Morgan fingerprint density at radius 3 is 2.58 bits per heavy atom. The lowest BCUT2D eigenvalue weighted by Crippen LogP contribution is -2.42. The van der Waals surface area contributed by atoms with Crippen molar-refractivity contribution in [2.45, 2.75) is 13.8 Å². The maximum absolute atomic E-state index is 12.0. The van der Waals surface area contributed by atoms with Gasteiger partial charge < -0.3 is 19.7 Å². The van der Waals surface area contributed by atoms with Gasteiger partial charge in [0, 0.05) is 17.6 Å². The highest BCUT2D eigenvalue weighted by molar-refractivity contribution is 9.10. The predicted molar refractivity (Wildman–Crippen MR) is 91.5 cm³/mol. The van der Waals surface area contributed by atoms with Crippen molar-refractivity contribution in [3.8, 4) is 5.75 Å². The zero-order valence-corrected chi connectivity index (χ0v) is 15.3. The molecule has 2 amide bonds. The van der Waals surface area contributed by atoms with Crippen LogP contribution in [-0.2, 0) is 19.1 Å². The van der Waals surface area contributed by atoms with Crippen LogP contribution in [0.2, 0.25) is 0 Å². The van der Waals surface area contributed by atoms with Gasteiger partial charge >= 0.3 is 5.97 Å². The number of rotatable bonds is 9. The van der Waals surface area contributed by atoms with Gasteiger partial charge in [0.1, 0.15) is 5.75 Å². The quantitative estimate of drug-likeness (QED) is 0.632. The lowest BCUT2D eigenvalue weighted by Gasteiger charge is -2.20. The van der Waals surface area contributed by atoms with E-state index in [2.05, 4.69) is 21.2 Å². The third kappa shape index (κ3) is 7.45. The molecule has 0 bridgehead atoms. The molecule has 0 aromatic heterocycles. The molecular formula is C16H21BrN2O5. The first kappa shape index (κ1) is 20.0. The van der Waals surface area contributed by atoms with Crippen LogP contribution in [0, 0.1) is 0 Å². The Morgan fingerprint density at radius 1 is 1.21 bits per heavy atom. The molecule has 1 aromatic rings. The predicted octanol–water partition coefficient (Wildman–Crippen LogP) is 1.36. The SMILES string of the molecule is CCNC(=O)CN(CC)C(=O)COC(=O)COc1cccc(Br)c1. The van der Waals surface area contributed by atoms with Gasteiger partial charge in [0.2, 0.25) is 5.91 Å². The molecule has 0 atom stereocenters. The third-order valence-electron chi connectivity index (χ3n) is 2.95. The summed E-state index contributed by atoms with van der Waals surface area (Å²) in [6, 6.07) is 7.02. The minimum atomic E-state index is -0.655. The van der Waals surface area contributed by atoms with Crippen LogP contribution in [0.25, 0.3) is 0 Å². The van der Waals surface area contributed by atoms with E-state index in [0.717, 1.165) is 4.47 Å². The first-order chi connectivity index (χ1) is 11.5. The van der Waals surface area contributed by atoms with Crippen LogP contribution in [0.5, 0.6) is 5.75 Å². The molecule has 0 aliphatic heterocycles. The average Bonchev–Trinajstić information content (AvgIpc) is 2.56. The van der Waals surface area contributed by atoms with Crippen molar-refractivity contribution >= 4 is 33.7 Å². The fourth-order valence-corrected chi connectivity index (χ4v) is 2.16. The normalized spacial score (nSPS) is 9.96. The molecule has 24 heavy (non-hydrogen) atoms. The van der Waals surface area contributed by atoms with Crippen LogP contribution >= 0.6 is 15.9 Å². The number of nitrogens with one attached hydrogen (secondary N) is 1. The van der Waals surface area contributed by atoms with Crippen LogP contribution in [0.4, 0.5) is 0 Å². The first-order valence-corrected chi connectivity index (χ1v) is 8.34. The van der Waals surface area contributed by atoms with E-state index in [-0.39, 0.29) is 19.1 Å². The number of amides is 2. The zero-order valence-electron chi connectivity index (χ0n) is 13.7. The van der Waals surface area contributed by atoms with E-state index in [4.69, 9.17) is 9.47 Å². The van der Waals surface area contributed by atoms with E-state index in [0.29, 0.717) is 18.8 Å². The van der Waals surface area contributed by atoms with Gasteiger partial charge in [0.25, 0.3) is 5.91 Å². The van der Waals surface area contributed by atoms with Gasteiger partial charge in [-0.1, -0.05) is 22.0 Å². The minimum absolute atomic E-state index is 0.0603. The van der Waals surface area contributed by atoms with Crippen LogP contribution in [0.1, 0.15) is 13.8 Å². The van der Waals surface area contributed by atoms with E-state index < -0.39 is 18.5 Å². The number of likely N-dealkylation sites (N-methyl/N-ethyl adjacent to an activating group) is 2. The number of esters is 1. The monoisotopic (exact) mass is 400 g/mol. The van der Waals surface area contributed by atoms with E-state index in [1.165, 1.54) is 4.90 Å². The van der Waals surface area contributed by atoms with E-state index in [9.17, 15) is 14.4 Å². The lowest BCUT2D eigenvalue weighted by molar-refractivity contribution is -0.154. The number of hydrogen-bond donors (Lipinski definition) is 1. The molecule has 0 saturated heterocycles. The molecule has 0 aliphatic carbocycles. The zero-order chi connectivity index (χ0) is 17.9. The molecule has 1 aromatic carbocycles. The number of benzene rings is 1. The molecule has 0 heterocycles. The Balaban J connectivity index is 2.36. The Morgan fingerprint density at radius 2 is 1.96 bits per heavy atom. The molecular weight excluding hydrogens is 380 g/mol. The second kappa shape index (κ2) is 10.6. The summed E-state index contributed by atoms with van der Waals surface area (Å²) in [6.07, 6.45) is 0. The Bertz CT molecular complexity index is 579. The summed E-state index contributed by atoms with van der Waals surface area (Å²) in [5, 5.41) is 2.61. The van der Waals surface area contributed by atoms with Crippen molar-refractivity contribution in [3.05, 3.63) is 28.7 Å². The standard InChI is InChI=1S/C16H21BrN2O5/c1-3-18-14(20)9-19(4-2)15(21)10-24-16(22)11-23-13-7-5-6-12(17)8-13/h5-8H,3-4,9-11H2,1-2H3,(H,18,20). The van der Waals surface area contributed by atoms with Crippen molar-refractivity contribution in [2.75, 3.05) is 32.8 Å². The topological polar surface area (TPSA) is 84.9 Å². The number of carbonyl (C=O) groups excluding carboxylic acids is 3. The van der Waals surface area contributed by atoms with Crippen LogP contribution < -0.4 is 10.1 Å². The lowest BCUT2D eigenvalue weighted by atomic mass is 10.3. The van der Waals surface area contributed by atoms with Crippen LogP contribution in [-0.4, -0.2) is 55.5 Å². The van der Waals surface area contributed by atoms with E-state index >= 15 is 0 Å². The van der Waals surface area contributed by atoms with Gasteiger partial charge in [-0.05, 0) is 32.0 Å². The summed E-state index contributed by atoms with van der Waals surface area (Å²) in [5.41, 5.74) is 0. The summed E-state index contributed by atoms with van der Waals surface area (Å²) in [4.78, 5) is 36.4. The second-order valence-electron chi connectivity index (χ2n) is 4.77. The summed E-state index contributed by atoms with van der Waals surface area (Å²) in [7, 11) is 0. The third-order valence-corrected chi connectivity index (χ3v) is 3.45. The molecule has 1 rings (SSSR count). The number of nitrogens with zero attached hydrogens (tertiary/aromatic N) is 1. The fraction of sp³-hybridized carbons (Fsp3) is 0.438. The van der Waals surface area contributed by atoms with Crippen molar-refractivity contribution < 1.29 is 23.9 Å². The summed E-state index contributed by atoms with van der Waals surface area (Å²) < 4.78 is 11.0. The molecule has 0 saturated carbocycles. The van der Waals surface area contributed by atoms with Crippen LogP contribution in [0.15, 0.2) is 28.7 Å². The summed E-state index contributed by atoms with van der Waals surface area (Å²) >= 11 is 3.29. The summed E-state index contributed by atoms with van der Waals surface area (Å²) in [5.74, 6) is -0.826. The minimum Gasteiger partial charge on any atom is -0.482 e. The Labute approximate surface area is 149 Å². The largest absolute Gasteiger partial charge is 0.482 e. The average molecular weight is 401 g/mol. The van der Waals surface area contributed by atoms with Gasteiger partial charge in [-0.15, -0.1) is 0 Å². The molecule has 0 fully saturated rings. The molecule has 0 aliphatic rings. The van der Waals surface area contributed by atoms with Gasteiger partial charge in [-0.2, -0.15) is 0 Å². The molecule has 0 radical (unpaired) electrons. The van der Waals surface area contributed by atoms with Crippen molar-refractivity contribution in [3.63, 3.8) is 0 Å². The highest BCUT2D eigenvalue weighted by atomic mass is 79.9.